The highest BCUT2D eigenvalue weighted by Crippen LogP contribution is 2.46. The molecule has 4 nitrogen and oxygen atoms in total. The largest absolute Gasteiger partial charge is 0.497 e. The molecule has 2 aromatic heterocycles. The number of rotatable bonds is 9. The van der Waals surface area contributed by atoms with Gasteiger partial charge in [-0.3, -0.25) is 0 Å². The van der Waals surface area contributed by atoms with E-state index in [4.69, 9.17) is 13.5 Å². The van der Waals surface area contributed by atoms with E-state index < -0.39 is 0 Å². The van der Waals surface area contributed by atoms with Crippen molar-refractivity contribution in [1.82, 2.24) is 8.75 Å². The molecular formula is C33H33N3OS3. The number of fused-ring (bicyclic) bond motifs is 1. The molecule has 0 radical (unpaired) electrons. The quantitative estimate of drug-likeness (QED) is 0.138. The highest BCUT2D eigenvalue weighted by molar-refractivity contribution is 7.99. The first kappa shape index (κ1) is 28.1. The number of nitrogens with one attached hydrogen (secondary N) is 1. The number of aromatic nitrogens is 2. The number of hydrogen-bond donors (Lipinski definition) is 1. The molecule has 0 unspecified atom stereocenters. The van der Waals surface area contributed by atoms with Crippen LogP contribution in [0.25, 0.3) is 43.1 Å². The average molecular weight is 584 g/mol. The Labute approximate surface area is 249 Å². The lowest BCUT2D eigenvalue weighted by atomic mass is 9.93. The van der Waals surface area contributed by atoms with E-state index >= 15 is 0 Å². The number of nitrogens with zero attached hydrogens (tertiary/aromatic N) is 2. The maximum Gasteiger partial charge on any atom is 0.118 e. The van der Waals surface area contributed by atoms with Gasteiger partial charge in [0, 0.05) is 27.1 Å². The summed E-state index contributed by atoms with van der Waals surface area (Å²) in [6.45, 7) is 8.70. The molecule has 0 aliphatic heterocycles. The lowest BCUT2D eigenvalue weighted by Crippen LogP contribution is -1.99. The van der Waals surface area contributed by atoms with E-state index in [-0.39, 0.29) is 0 Å². The Morgan fingerprint density at radius 2 is 1.57 bits per heavy atom. The molecule has 3 aromatic carbocycles. The molecule has 0 saturated heterocycles. The number of methoxy groups -OCH3 is 1. The maximum absolute atomic E-state index is 5.34. The Bertz CT molecular complexity index is 1690. The third-order valence-corrected chi connectivity index (χ3v) is 9.28. The van der Waals surface area contributed by atoms with Gasteiger partial charge < -0.3 is 9.46 Å². The van der Waals surface area contributed by atoms with Gasteiger partial charge in [-0.1, -0.05) is 55.3 Å². The smallest absolute Gasteiger partial charge is 0.118 e. The second kappa shape index (κ2) is 12.4. The molecular weight excluding hydrogens is 551 g/mol. The molecule has 5 rings (SSSR count). The average Bonchev–Trinajstić information content (AvgIpc) is 3.67. The summed E-state index contributed by atoms with van der Waals surface area (Å²) in [5.41, 5.74) is 12.6. The first-order valence-electron chi connectivity index (χ1n) is 13.2. The van der Waals surface area contributed by atoms with Gasteiger partial charge in [0.1, 0.15) is 16.8 Å². The first-order valence-corrected chi connectivity index (χ1v) is 16.0. The fourth-order valence-corrected chi connectivity index (χ4v) is 6.98. The summed E-state index contributed by atoms with van der Waals surface area (Å²) in [6.07, 6.45) is 7.52. The summed E-state index contributed by atoms with van der Waals surface area (Å²) in [5, 5.41) is 0. The predicted octanol–water partition coefficient (Wildman–Crippen LogP) is 10.2. The van der Waals surface area contributed by atoms with Gasteiger partial charge in [0.05, 0.1) is 24.5 Å². The number of aryl methyl sites for hydroxylation is 1. The molecule has 7 heteroatoms. The molecule has 0 saturated carbocycles. The highest BCUT2D eigenvalue weighted by Gasteiger charge is 2.23. The summed E-state index contributed by atoms with van der Waals surface area (Å²) in [7, 11) is 1.69. The maximum atomic E-state index is 5.34. The minimum atomic E-state index is 0.858. The molecule has 204 valence electrons. The third kappa shape index (κ3) is 5.59. The molecule has 0 fully saturated rings. The van der Waals surface area contributed by atoms with Crippen LogP contribution in [0.1, 0.15) is 43.0 Å². The summed E-state index contributed by atoms with van der Waals surface area (Å²) < 4.78 is 18.5. The molecule has 0 bridgehead atoms. The molecule has 40 heavy (non-hydrogen) atoms. The van der Waals surface area contributed by atoms with Crippen LogP contribution >= 0.6 is 35.0 Å². The van der Waals surface area contributed by atoms with Crippen LogP contribution in [0.5, 0.6) is 5.75 Å². The van der Waals surface area contributed by atoms with E-state index in [1.807, 2.05) is 12.1 Å². The van der Waals surface area contributed by atoms with E-state index in [9.17, 15) is 0 Å². The predicted molar refractivity (Wildman–Crippen MR) is 178 cm³/mol. The van der Waals surface area contributed by atoms with Gasteiger partial charge in [-0.2, -0.15) is 8.75 Å². The number of ether oxygens (including phenoxy) is 1. The Hall–Kier alpha value is -3.39. The second-order valence-corrected chi connectivity index (χ2v) is 11.9. The van der Waals surface area contributed by atoms with Crippen LogP contribution in [-0.4, -0.2) is 22.1 Å². The Morgan fingerprint density at radius 3 is 2.25 bits per heavy atom. The number of hydrogen-bond acceptors (Lipinski definition) is 7. The van der Waals surface area contributed by atoms with Crippen LogP contribution in [0.2, 0.25) is 0 Å². The molecule has 0 aliphatic carbocycles. The molecule has 0 spiro atoms. The van der Waals surface area contributed by atoms with Gasteiger partial charge in [0.25, 0.3) is 0 Å². The summed E-state index contributed by atoms with van der Waals surface area (Å²) in [4.78, 5) is 2.37. The van der Waals surface area contributed by atoms with Crippen molar-refractivity contribution in [3.63, 3.8) is 0 Å². The first-order chi connectivity index (χ1) is 19.4. The van der Waals surface area contributed by atoms with Crippen LogP contribution in [0.4, 0.5) is 5.69 Å². The monoisotopic (exact) mass is 583 g/mol. The number of allylic oxidation sites excluding steroid dienone is 4. The van der Waals surface area contributed by atoms with Crippen molar-refractivity contribution in [2.45, 2.75) is 34.1 Å². The molecule has 0 aliphatic rings. The van der Waals surface area contributed by atoms with Gasteiger partial charge in [0.15, 0.2) is 0 Å². The fraction of sp³-hybridized carbons (Fsp3) is 0.212. The van der Waals surface area contributed by atoms with Crippen molar-refractivity contribution in [2.75, 3.05) is 18.1 Å². The van der Waals surface area contributed by atoms with Gasteiger partial charge in [-0.25, -0.2) is 0 Å². The molecule has 2 heterocycles. The zero-order valence-corrected chi connectivity index (χ0v) is 26.1. The number of thiophene rings is 1. The van der Waals surface area contributed by atoms with Crippen LogP contribution in [0, 0.1) is 6.92 Å². The van der Waals surface area contributed by atoms with E-state index in [1.165, 1.54) is 54.9 Å². The molecule has 5 aromatic rings. The molecule has 0 atom stereocenters. The van der Waals surface area contributed by atoms with E-state index in [1.54, 1.807) is 30.4 Å². The standard InChI is InChI=1S/C33H33N3OS3/c1-7-23-10-12-24(13-11-23)20(2)8-9-21(3)29-22(4)31(34-38-6)30(33-32(29)35-40-36-33)28-19-18-27(39-28)25-14-16-26(37-5)17-15-25/h8-19,34H,7H2,1-6H3/b20-8+,21-9+. The van der Waals surface area contributed by atoms with Crippen molar-refractivity contribution in [3.05, 3.63) is 95.1 Å². The van der Waals surface area contributed by atoms with Crippen LogP contribution in [0.3, 0.4) is 0 Å². The number of anilines is 1. The van der Waals surface area contributed by atoms with Crippen molar-refractivity contribution in [3.8, 4) is 26.6 Å². The van der Waals surface area contributed by atoms with Gasteiger partial charge >= 0.3 is 0 Å². The van der Waals surface area contributed by atoms with Crippen molar-refractivity contribution < 1.29 is 4.74 Å². The Morgan fingerprint density at radius 1 is 0.900 bits per heavy atom. The summed E-state index contributed by atoms with van der Waals surface area (Å²) in [6, 6.07) is 21.4. The summed E-state index contributed by atoms with van der Waals surface area (Å²) >= 11 is 4.64. The van der Waals surface area contributed by atoms with E-state index in [0.717, 1.165) is 40.0 Å². The lowest BCUT2D eigenvalue weighted by Gasteiger charge is -2.17. The molecule has 1 N–H and O–H groups in total. The van der Waals surface area contributed by atoms with Gasteiger partial charge in [0.2, 0.25) is 0 Å². The minimum Gasteiger partial charge on any atom is -0.497 e. The number of benzene rings is 3. The third-order valence-electron chi connectivity index (χ3n) is 7.19. The van der Waals surface area contributed by atoms with Crippen LogP contribution in [-0.2, 0) is 6.42 Å². The normalized spacial score (nSPS) is 12.2. The second-order valence-electron chi connectivity index (χ2n) is 9.66. The highest BCUT2D eigenvalue weighted by atomic mass is 32.2. The topological polar surface area (TPSA) is 47.0 Å². The molecule has 0 amide bonds. The van der Waals surface area contributed by atoms with Gasteiger partial charge in [-0.15, -0.1) is 11.3 Å². The summed E-state index contributed by atoms with van der Waals surface area (Å²) in [5.74, 6) is 0.858. The minimum absolute atomic E-state index is 0.858. The Kier molecular flexibility index (Phi) is 8.74. The zero-order valence-electron chi connectivity index (χ0n) is 23.7. The van der Waals surface area contributed by atoms with Crippen LogP contribution in [0.15, 0.2) is 72.8 Å². The Balaban J connectivity index is 1.58. The fourth-order valence-electron chi connectivity index (χ4n) is 4.89. The zero-order chi connectivity index (χ0) is 28.2. The lowest BCUT2D eigenvalue weighted by molar-refractivity contribution is 0.415. The van der Waals surface area contributed by atoms with Gasteiger partial charge in [-0.05, 0) is 97.0 Å². The van der Waals surface area contributed by atoms with E-state index in [2.05, 4.69) is 99.4 Å². The SMILES string of the molecule is CCc1ccc(/C(C)=C/C=C(\C)c2c(C)c(NSC)c(-c3ccc(-c4ccc(OC)cc4)s3)c3nsnc23)cc1. The van der Waals surface area contributed by atoms with Crippen molar-refractivity contribution in [2.24, 2.45) is 0 Å². The van der Waals surface area contributed by atoms with Crippen molar-refractivity contribution >= 4 is 62.9 Å². The van der Waals surface area contributed by atoms with Crippen LogP contribution < -0.4 is 9.46 Å². The van der Waals surface area contributed by atoms with Crippen molar-refractivity contribution in [1.29, 1.82) is 0 Å². The van der Waals surface area contributed by atoms with E-state index in [0.29, 0.717) is 0 Å².